The van der Waals surface area contributed by atoms with Crippen LogP contribution in [-0.2, 0) is 11.3 Å². The van der Waals surface area contributed by atoms with Crippen molar-refractivity contribution in [1.82, 2.24) is 5.48 Å². The van der Waals surface area contributed by atoms with Crippen LogP contribution in [-0.4, -0.2) is 12.6 Å². The van der Waals surface area contributed by atoms with Crippen molar-refractivity contribution in [2.24, 2.45) is 0 Å². The van der Waals surface area contributed by atoms with E-state index in [4.69, 9.17) is 39.6 Å². The molecule has 0 aliphatic carbocycles. The van der Waals surface area contributed by atoms with Crippen molar-refractivity contribution in [1.29, 1.82) is 0 Å². The van der Waals surface area contributed by atoms with E-state index in [9.17, 15) is 0 Å². The molecule has 0 heterocycles. The molecular weight excluding hydrogens is 268 g/mol. The topological polar surface area (TPSA) is 21.3 Å². The van der Waals surface area contributed by atoms with Gasteiger partial charge < -0.3 is 4.84 Å². The second-order valence-electron chi connectivity index (χ2n) is 3.50. The Bertz CT molecular complexity index is 334. The van der Waals surface area contributed by atoms with E-state index in [0.29, 0.717) is 28.1 Å². The lowest BCUT2D eigenvalue weighted by atomic mass is 10.1. The van der Waals surface area contributed by atoms with Crippen LogP contribution in [0.25, 0.3) is 0 Å². The number of benzene rings is 1. The van der Waals surface area contributed by atoms with Crippen molar-refractivity contribution < 1.29 is 4.84 Å². The normalized spacial score (nSPS) is 12.8. The van der Waals surface area contributed by atoms with Gasteiger partial charge in [0.2, 0.25) is 0 Å². The van der Waals surface area contributed by atoms with Crippen LogP contribution >= 0.6 is 34.8 Å². The van der Waals surface area contributed by atoms with Crippen molar-refractivity contribution >= 4 is 34.8 Å². The number of hydrogen-bond donors (Lipinski definition) is 1. The fourth-order valence-corrected chi connectivity index (χ4v) is 2.31. The summed E-state index contributed by atoms with van der Waals surface area (Å²) in [6.07, 6.45) is 0.689. The highest BCUT2D eigenvalue weighted by Gasteiger charge is 2.11. The minimum atomic E-state index is 0.135. The molecule has 0 aliphatic heterocycles. The highest BCUT2D eigenvalue weighted by Crippen LogP contribution is 2.29. The standard InChI is InChI=1S/C11H14Cl3NO/c1-3-16-15-7(2)4-9-10(13)5-8(12)6-11(9)14/h5-7,15H,3-4H2,1-2H3. The summed E-state index contributed by atoms with van der Waals surface area (Å²) in [5.41, 5.74) is 3.78. The molecule has 2 nitrogen and oxygen atoms in total. The van der Waals surface area contributed by atoms with Crippen LogP contribution < -0.4 is 5.48 Å². The fraction of sp³-hybridized carbons (Fsp3) is 0.455. The lowest BCUT2D eigenvalue weighted by Gasteiger charge is -2.15. The Kier molecular flexibility index (Phi) is 5.87. The fourth-order valence-electron chi connectivity index (χ4n) is 1.34. The Balaban J connectivity index is 2.73. The molecule has 0 radical (unpaired) electrons. The molecule has 0 saturated heterocycles. The predicted octanol–water partition coefficient (Wildman–Crippen LogP) is 4.12. The Labute approximate surface area is 111 Å². The van der Waals surface area contributed by atoms with Gasteiger partial charge in [-0.15, -0.1) is 0 Å². The smallest absolute Gasteiger partial charge is 0.0654 e. The number of halogens is 3. The van der Waals surface area contributed by atoms with E-state index in [-0.39, 0.29) is 6.04 Å². The summed E-state index contributed by atoms with van der Waals surface area (Å²) in [4.78, 5) is 5.11. The lowest BCUT2D eigenvalue weighted by molar-refractivity contribution is 0.0290. The molecule has 0 spiro atoms. The Morgan fingerprint density at radius 3 is 2.31 bits per heavy atom. The highest BCUT2D eigenvalue weighted by molar-refractivity contribution is 6.39. The van der Waals surface area contributed by atoms with E-state index < -0.39 is 0 Å². The summed E-state index contributed by atoms with van der Waals surface area (Å²) < 4.78 is 0. The van der Waals surface area contributed by atoms with Crippen molar-refractivity contribution in [3.05, 3.63) is 32.8 Å². The summed E-state index contributed by atoms with van der Waals surface area (Å²) in [6.45, 7) is 4.53. The van der Waals surface area contributed by atoms with Crippen molar-refractivity contribution in [2.45, 2.75) is 26.3 Å². The monoisotopic (exact) mass is 281 g/mol. The third-order valence-electron chi connectivity index (χ3n) is 2.04. The molecule has 1 rings (SSSR count). The van der Waals surface area contributed by atoms with Gasteiger partial charge in [0.25, 0.3) is 0 Å². The quantitative estimate of drug-likeness (QED) is 0.820. The zero-order chi connectivity index (χ0) is 12.1. The minimum Gasteiger partial charge on any atom is -0.302 e. The van der Waals surface area contributed by atoms with Gasteiger partial charge in [-0.1, -0.05) is 34.8 Å². The van der Waals surface area contributed by atoms with Crippen LogP contribution in [0.15, 0.2) is 12.1 Å². The van der Waals surface area contributed by atoms with Crippen LogP contribution in [0.2, 0.25) is 15.1 Å². The molecule has 0 bridgehead atoms. The van der Waals surface area contributed by atoms with Crippen LogP contribution in [0.3, 0.4) is 0 Å². The maximum Gasteiger partial charge on any atom is 0.0654 e. The van der Waals surface area contributed by atoms with Gasteiger partial charge >= 0.3 is 0 Å². The molecule has 5 heteroatoms. The maximum absolute atomic E-state index is 6.08. The van der Waals surface area contributed by atoms with Gasteiger partial charge in [-0.2, -0.15) is 5.48 Å². The maximum atomic E-state index is 6.08. The average Bonchev–Trinajstić information content (AvgIpc) is 2.20. The SMILES string of the molecule is CCONC(C)Cc1c(Cl)cc(Cl)cc1Cl. The molecule has 0 aromatic heterocycles. The van der Waals surface area contributed by atoms with Gasteiger partial charge in [-0.05, 0) is 38.0 Å². The Morgan fingerprint density at radius 1 is 1.25 bits per heavy atom. The van der Waals surface area contributed by atoms with Crippen molar-refractivity contribution in [2.75, 3.05) is 6.61 Å². The Hall–Kier alpha value is 0.01000. The van der Waals surface area contributed by atoms with Gasteiger partial charge in [-0.3, -0.25) is 0 Å². The molecule has 0 amide bonds. The molecule has 16 heavy (non-hydrogen) atoms. The van der Waals surface area contributed by atoms with E-state index in [0.717, 1.165) is 5.56 Å². The summed E-state index contributed by atoms with van der Waals surface area (Å²) in [5.74, 6) is 0. The molecule has 1 N–H and O–H groups in total. The predicted molar refractivity (Wildman–Crippen MR) is 69.4 cm³/mol. The van der Waals surface area contributed by atoms with Crippen molar-refractivity contribution in [3.8, 4) is 0 Å². The summed E-state index contributed by atoms with van der Waals surface area (Å²) >= 11 is 18.0. The number of nitrogens with one attached hydrogen (secondary N) is 1. The zero-order valence-corrected chi connectivity index (χ0v) is 11.5. The number of rotatable bonds is 5. The molecule has 90 valence electrons. The third-order valence-corrected chi connectivity index (χ3v) is 2.94. The first kappa shape index (κ1) is 14.1. The molecular formula is C11H14Cl3NO. The molecule has 1 aromatic carbocycles. The second-order valence-corrected chi connectivity index (χ2v) is 4.75. The van der Waals surface area contributed by atoms with Crippen LogP contribution in [0.4, 0.5) is 0 Å². The molecule has 1 aromatic rings. The largest absolute Gasteiger partial charge is 0.302 e. The Morgan fingerprint density at radius 2 is 1.81 bits per heavy atom. The van der Waals surface area contributed by atoms with Crippen LogP contribution in [0, 0.1) is 0 Å². The first-order valence-corrected chi connectivity index (χ1v) is 6.18. The van der Waals surface area contributed by atoms with Crippen molar-refractivity contribution in [3.63, 3.8) is 0 Å². The lowest BCUT2D eigenvalue weighted by Crippen LogP contribution is -2.28. The minimum absolute atomic E-state index is 0.135. The van der Waals surface area contributed by atoms with Crippen LogP contribution in [0.5, 0.6) is 0 Å². The van der Waals surface area contributed by atoms with E-state index in [2.05, 4.69) is 5.48 Å². The third kappa shape index (κ3) is 4.11. The summed E-state index contributed by atoms with van der Waals surface area (Å²) in [6, 6.07) is 3.52. The molecule has 0 fully saturated rings. The first-order chi connectivity index (χ1) is 7.54. The number of hydrogen-bond acceptors (Lipinski definition) is 2. The van der Waals surface area contributed by atoms with E-state index >= 15 is 0 Å². The summed E-state index contributed by atoms with van der Waals surface area (Å²) in [7, 11) is 0. The molecule has 1 unspecified atom stereocenters. The molecule has 0 saturated carbocycles. The van der Waals surface area contributed by atoms with Gasteiger partial charge in [-0.25, -0.2) is 0 Å². The van der Waals surface area contributed by atoms with Crippen LogP contribution in [0.1, 0.15) is 19.4 Å². The number of hydroxylamine groups is 1. The van der Waals surface area contributed by atoms with E-state index in [1.54, 1.807) is 12.1 Å². The van der Waals surface area contributed by atoms with E-state index in [1.165, 1.54) is 0 Å². The van der Waals surface area contributed by atoms with Gasteiger partial charge in [0, 0.05) is 21.1 Å². The van der Waals surface area contributed by atoms with Gasteiger partial charge in [0.15, 0.2) is 0 Å². The first-order valence-electron chi connectivity index (χ1n) is 5.05. The average molecular weight is 283 g/mol. The van der Waals surface area contributed by atoms with Gasteiger partial charge in [0.1, 0.15) is 0 Å². The summed E-state index contributed by atoms with van der Waals surface area (Å²) in [5, 5.41) is 1.72. The molecule has 0 aliphatic rings. The van der Waals surface area contributed by atoms with E-state index in [1.807, 2.05) is 13.8 Å². The molecule has 1 atom stereocenters. The second kappa shape index (κ2) is 6.67. The zero-order valence-electron chi connectivity index (χ0n) is 9.19. The highest BCUT2D eigenvalue weighted by atomic mass is 35.5. The van der Waals surface area contributed by atoms with Gasteiger partial charge in [0.05, 0.1) is 6.61 Å².